The van der Waals surface area contributed by atoms with Gasteiger partial charge < -0.3 is 20.3 Å². The van der Waals surface area contributed by atoms with Gasteiger partial charge in [0.2, 0.25) is 5.91 Å². The summed E-state index contributed by atoms with van der Waals surface area (Å²) in [5.41, 5.74) is 3.24. The lowest BCUT2D eigenvalue weighted by Crippen LogP contribution is -2.18. The number of rotatable bonds is 7. The third kappa shape index (κ3) is 5.23. The quantitative estimate of drug-likeness (QED) is 0.733. The Bertz CT molecular complexity index is 784. The molecule has 142 valence electrons. The van der Waals surface area contributed by atoms with Crippen LogP contribution in [0.25, 0.3) is 0 Å². The van der Waals surface area contributed by atoms with Crippen molar-refractivity contribution < 1.29 is 14.3 Å². The lowest BCUT2D eigenvalue weighted by atomic mass is 10.2. The van der Waals surface area contributed by atoms with Crippen molar-refractivity contribution in [3.05, 3.63) is 54.1 Å². The van der Waals surface area contributed by atoms with E-state index in [0.29, 0.717) is 24.2 Å². The second-order valence-corrected chi connectivity index (χ2v) is 6.54. The van der Waals surface area contributed by atoms with E-state index in [9.17, 15) is 9.59 Å². The maximum absolute atomic E-state index is 12.1. The van der Waals surface area contributed by atoms with Crippen molar-refractivity contribution in [1.82, 2.24) is 0 Å². The highest BCUT2D eigenvalue weighted by Gasteiger charge is 2.12. The fourth-order valence-electron chi connectivity index (χ4n) is 3.15. The standard InChI is InChI=1S/C21H25N3O3/c1-27-21(26)16-5-4-6-18(15-16)23-20(25)11-12-22-17-7-9-19(10-8-17)24-13-2-3-14-24/h4-10,15,22H,2-3,11-14H2,1H3,(H,23,25). The molecule has 1 aliphatic rings. The zero-order valence-electron chi connectivity index (χ0n) is 15.5. The highest BCUT2D eigenvalue weighted by Crippen LogP contribution is 2.22. The third-order valence-electron chi connectivity index (χ3n) is 4.59. The first kappa shape index (κ1) is 18.8. The van der Waals surface area contributed by atoms with E-state index < -0.39 is 5.97 Å². The second kappa shape index (κ2) is 9.07. The van der Waals surface area contributed by atoms with Gasteiger partial charge in [0.05, 0.1) is 12.7 Å². The first-order valence-corrected chi connectivity index (χ1v) is 9.23. The van der Waals surface area contributed by atoms with E-state index in [0.717, 1.165) is 18.8 Å². The molecule has 0 saturated carbocycles. The summed E-state index contributed by atoms with van der Waals surface area (Å²) in [5, 5.41) is 6.06. The van der Waals surface area contributed by atoms with Crippen LogP contribution in [0.15, 0.2) is 48.5 Å². The van der Waals surface area contributed by atoms with Gasteiger partial charge in [-0.05, 0) is 55.3 Å². The molecule has 0 bridgehead atoms. The number of carbonyl (C=O) groups is 2. The number of esters is 1. The summed E-state index contributed by atoms with van der Waals surface area (Å²) in [4.78, 5) is 26.0. The van der Waals surface area contributed by atoms with E-state index >= 15 is 0 Å². The van der Waals surface area contributed by atoms with Crippen molar-refractivity contribution in [2.75, 3.05) is 42.3 Å². The minimum atomic E-state index is -0.426. The Morgan fingerprint density at radius 3 is 2.48 bits per heavy atom. The Balaban J connectivity index is 1.45. The van der Waals surface area contributed by atoms with Crippen LogP contribution < -0.4 is 15.5 Å². The van der Waals surface area contributed by atoms with Crippen LogP contribution in [-0.4, -0.2) is 38.6 Å². The summed E-state index contributed by atoms with van der Waals surface area (Å²) >= 11 is 0. The zero-order chi connectivity index (χ0) is 19.1. The second-order valence-electron chi connectivity index (χ2n) is 6.54. The number of amides is 1. The molecule has 0 unspecified atom stereocenters. The SMILES string of the molecule is COC(=O)c1cccc(NC(=O)CCNc2ccc(N3CCCC3)cc2)c1. The lowest BCUT2D eigenvalue weighted by molar-refractivity contribution is -0.115. The third-order valence-corrected chi connectivity index (χ3v) is 4.59. The van der Waals surface area contributed by atoms with Crippen molar-refractivity contribution in [3.63, 3.8) is 0 Å². The number of methoxy groups -OCH3 is 1. The van der Waals surface area contributed by atoms with Gasteiger partial charge in [0.25, 0.3) is 0 Å². The van der Waals surface area contributed by atoms with Crippen LogP contribution in [0.3, 0.4) is 0 Å². The number of anilines is 3. The average Bonchev–Trinajstić information content (AvgIpc) is 3.23. The average molecular weight is 367 g/mol. The smallest absolute Gasteiger partial charge is 0.337 e. The Morgan fingerprint density at radius 2 is 1.78 bits per heavy atom. The van der Waals surface area contributed by atoms with Gasteiger partial charge in [-0.1, -0.05) is 6.07 Å². The molecule has 2 aromatic rings. The van der Waals surface area contributed by atoms with Gasteiger partial charge in [0.1, 0.15) is 0 Å². The molecular formula is C21H25N3O3. The van der Waals surface area contributed by atoms with Crippen molar-refractivity contribution in [3.8, 4) is 0 Å². The molecular weight excluding hydrogens is 342 g/mol. The summed E-state index contributed by atoms with van der Waals surface area (Å²) in [6.07, 6.45) is 2.85. The van der Waals surface area contributed by atoms with Crippen LogP contribution in [-0.2, 0) is 9.53 Å². The molecule has 0 aromatic heterocycles. The number of benzene rings is 2. The lowest BCUT2D eigenvalue weighted by Gasteiger charge is -2.18. The van der Waals surface area contributed by atoms with Crippen molar-refractivity contribution in [2.45, 2.75) is 19.3 Å². The Kier molecular flexibility index (Phi) is 6.30. The molecule has 6 nitrogen and oxygen atoms in total. The topological polar surface area (TPSA) is 70.7 Å². The van der Waals surface area contributed by atoms with Gasteiger partial charge in [0.15, 0.2) is 0 Å². The van der Waals surface area contributed by atoms with Gasteiger partial charge in [-0.25, -0.2) is 4.79 Å². The van der Waals surface area contributed by atoms with Crippen LogP contribution >= 0.6 is 0 Å². The largest absolute Gasteiger partial charge is 0.465 e. The van der Waals surface area contributed by atoms with E-state index in [1.54, 1.807) is 24.3 Å². The molecule has 1 heterocycles. The monoisotopic (exact) mass is 367 g/mol. The van der Waals surface area contributed by atoms with Gasteiger partial charge in [-0.15, -0.1) is 0 Å². The number of nitrogens with zero attached hydrogens (tertiary/aromatic N) is 1. The van der Waals surface area contributed by atoms with Gasteiger partial charge in [-0.3, -0.25) is 4.79 Å². The van der Waals surface area contributed by atoms with E-state index in [1.807, 2.05) is 12.1 Å². The van der Waals surface area contributed by atoms with Gasteiger partial charge in [-0.2, -0.15) is 0 Å². The molecule has 1 fully saturated rings. The van der Waals surface area contributed by atoms with Crippen LogP contribution in [0.1, 0.15) is 29.6 Å². The first-order chi connectivity index (χ1) is 13.2. The molecule has 2 N–H and O–H groups in total. The molecule has 1 amide bonds. The highest BCUT2D eigenvalue weighted by atomic mass is 16.5. The zero-order valence-corrected chi connectivity index (χ0v) is 15.5. The Morgan fingerprint density at radius 1 is 1.04 bits per heavy atom. The molecule has 27 heavy (non-hydrogen) atoms. The van der Waals surface area contributed by atoms with Crippen LogP contribution in [0.4, 0.5) is 17.1 Å². The minimum Gasteiger partial charge on any atom is -0.465 e. The van der Waals surface area contributed by atoms with Crippen LogP contribution in [0, 0.1) is 0 Å². The number of ether oxygens (including phenoxy) is 1. The van der Waals surface area contributed by atoms with Crippen molar-refractivity contribution in [1.29, 1.82) is 0 Å². The number of nitrogens with one attached hydrogen (secondary N) is 2. The Labute approximate surface area is 159 Å². The Hall–Kier alpha value is -3.02. The first-order valence-electron chi connectivity index (χ1n) is 9.23. The maximum Gasteiger partial charge on any atom is 0.337 e. The highest BCUT2D eigenvalue weighted by molar-refractivity contribution is 5.94. The molecule has 1 aliphatic heterocycles. The predicted molar refractivity (Wildman–Crippen MR) is 107 cm³/mol. The van der Waals surface area contributed by atoms with Gasteiger partial charge >= 0.3 is 5.97 Å². The van der Waals surface area contributed by atoms with E-state index in [2.05, 4.69) is 32.4 Å². The van der Waals surface area contributed by atoms with Crippen LogP contribution in [0.5, 0.6) is 0 Å². The maximum atomic E-state index is 12.1. The number of hydrogen-bond acceptors (Lipinski definition) is 5. The summed E-state index contributed by atoms with van der Waals surface area (Å²) in [6.45, 7) is 2.79. The fraction of sp³-hybridized carbons (Fsp3) is 0.333. The van der Waals surface area contributed by atoms with E-state index in [4.69, 9.17) is 0 Å². The summed E-state index contributed by atoms with van der Waals surface area (Å²) in [6, 6.07) is 15.0. The molecule has 3 rings (SSSR count). The molecule has 0 atom stereocenters. The molecule has 6 heteroatoms. The van der Waals surface area contributed by atoms with Crippen molar-refractivity contribution in [2.24, 2.45) is 0 Å². The number of carbonyl (C=O) groups excluding carboxylic acids is 2. The molecule has 1 saturated heterocycles. The number of hydrogen-bond donors (Lipinski definition) is 2. The molecule has 0 radical (unpaired) electrons. The van der Waals surface area contributed by atoms with Crippen LogP contribution in [0.2, 0.25) is 0 Å². The van der Waals surface area contributed by atoms with E-state index in [-0.39, 0.29) is 5.91 Å². The summed E-state index contributed by atoms with van der Waals surface area (Å²) < 4.78 is 4.69. The molecule has 2 aromatic carbocycles. The van der Waals surface area contributed by atoms with Gasteiger partial charge in [0, 0.05) is 43.1 Å². The molecule has 0 aliphatic carbocycles. The predicted octanol–water partition coefficient (Wildman–Crippen LogP) is 3.51. The fourth-order valence-corrected chi connectivity index (χ4v) is 3.15. The van der Waals surface area contributed by atoms with Crippen molar-refractivity contribution >= 4 is 28.9 Å². The summed E-state index contributed by atoms with van der Waals surface area (Å²) in [5.74, 6) is -0.539. The normalized spacial score (nSPS) is 13.3. The summed E-state index contributed by atoms with van der Waals surface area (Å²) in [7, 11) is 1.33. The minimum absolute atomic E-state index is 0.113. The van der Waals surface area contributed by atoms with E-state index in [1.165, 1.54) is 25.6 Å². The molecule has 0 spiro atoms.